The standard InChI is InChI=1S/C9H13N3O4/c10-2-1-6(11)5-3-7(12(15)16)9(14)8(13)4-5/h3-4,6,13-14H,1-2,10-11H2/t6-/m0/s1. The molecule has 1 atom stereocenters. The van der Waals surface area contributed by atoms with Crippen LogP contribution in [-0.4, -0.2) is 21.7 Å². The Morgan fingerprint density at radius 3 is 2.56 bits per heavy atom. The molecule has 7 nitrogen and oxygen atoms in total. The Balaban J connectivity index is 3.18. The summed E-state index contributed by atoms with van der Waals surface area (Å²) < 4.78 is 0. The van der Waals surface area contributed by atoms with Crippen molar-refractivity contribution < 1.29 is 15.1 Å². The van der Waals surface area contributed by atoms with Crippen LogP contribution in [0, 0.1) is 10.1 Å². The molecule has 0 saturated heterocycles. The van der Waals surface area contributed by atoms with Crippen LogP contribution in [0.3, 0.4) is 0 Å². The zero-order valence-electron chi connectivity index (χ0n) is 8.46. The molecule has 1 aromatic rings. The van der Waals surface area contributed by atoms with Crippen molar-refractivity contribution in [2.75, 3.05) is 6.54 Å². The first-order valence-corrected chi connectivity index (χ1v) is 4.63. The predicted molar refractivity (Wildman–Crippen MR) is 57.0 cm³/mol. The van der Waals surface area contributed by atoms with E-state index in [4.69, 9.17) is 11.5 Å². The smallest absolute Gasteiger partial charge is 0.314 e. The molecule has 88 valence electrons. The number of nitro groups is 1. The van der Waals surface area contributed by atoms with Crippen LogP contribution in [0.15, 0.2) is 12.1 Å². The van der Waals surface area contributed by atoms with Crippen LogP contribution in [0.2, 0.25) is 0 Å². The van der Waals surface area contributed by atoms with E-state index in [2.05, 4.69) is 0 Å². The number of nitrogens with zero attached hydrogens (tertiary/aromatic N) is 1. The molecule has 0 aromatic heterocycles. The summed E-state index contributed by atoms with van der Waals surface area (Å²) in [5.74, 6) is -1.31. The molecule has 0 aliphatic rings. The van der Waals surface area contributed by atoms with E-state index >= 15 is 0 Å². The number of nitro benzene ring substituents is 1. The van der Waals surface area contributed by atoms with Crippen LogP contribution in [0.25, 0.3) is 0 Å². The minimum atomic E-state index is -0.784. The zero-order chi connectivity index (χ0) is 12.3. The number of phenols is 2. The topological polar surface area (TPSA) is 136 Å². The summed E-state index contributed by atoms with van der Waals surface area (Å²) in [6.45, 7) is 0.330. The van der Waals surface area contributed by atoms with E-state index in [0.717, 1.165) is 6.07 Å². The van der Waals surface area contributed by atoms with Crippen molar-refractivity contribution in [1.82, 2.24) is 0 Å². The molecule has 1 aromatic carbocycles. The second-order valence-electron chi connectivity index (χ2n) is 3.35. The van der Waals surface area contributed by atoms with Gasteiger partial charge in [0.1, 0.15) is 0 Å². The largest absolute Gasteiger partial charge is 0.504 e. The molecule has 0 fully saturated rings. The van der Waals surface area contributed by atoms with Gasteiger partial charge in [-0.25, -0.2) is 0 Å². The fourth-order valence-electron chi connectivity index (χ4n) is 1.32. The molecule has 16 heavy (non-hydrogen) atoms. The first-order chi connectivity index (χ1) is 7.47. The van der Waals surface area contributed by atoms with E-state index in [1.807, 2.05) is 0 Å². The van der Waals surface area contributed by atoms with Gasteiger partial charge in [0.15, 0.2) is 5.75 Å². The molecule has 0 heterocycles. The SMILES string of the molecule is NCC[C@H](N)c1cc(O)c(O)c([N+](=O)[O-])c1. The van der Waals surface area contributed by atoms with Gasteiger partial charge >= 0.3 is 5.69 Å². The first kappa shape index (κ1) is 12.2. The van der Waals surface area contributed by atoms with Gasteiger partial charge in [-0.15, -0.1) is 0 Å². The Hall–Kier alpha value is -1.86. The van der Waals surface area contributed by atoms with E-state index in [1.54, 1.807) is 0 Å². The third-order valence-corrected chi connectivity index (χ3v) is 2.19. The number of benzene rings is 1. The van der Waals surface area contributed by atoms with Crippen molar-refractivity contribution in [1.29, 1.82) is 0 Å². The molecule has 0 spiro atoms. The summed E-state index contributed by atoms with van der Waals surface area (Å²) in [6.07, 6.45) is 0.432. The lowest BCUT2D eigenvalue weighted by Gasteiger charge is -2.11. The van der Waals surface area contributed by atoms with E-state index in [9.17, 15) is 20.3 Å². The van der Waals surface area contributed by atoms with Gasteiger partial charge in [0.2, 0.25) is 5.75 Å². The molecule has 0 radical (unpaired) electrons. The number of phenolic OH excluding ortho intramolecular Hbond substituents is 2. The maximum Gasteiger partial charge on any atom is 0.314 e. The number of hydrogen-bond acceptors (Lipinski definition) is 6. The van der Waals surface area contributed by atoms with E-state index in [0.29, 0.717) is 18.5 Å². The highest BCUT2D eigenvalue weighted by atomic mass is 16.6. The van der Waals surface area contributed by atoms with Gasteiger partial charge in [0, 0.05) is 12.1 Å². The number of rotatable bonds is 4. The van der Waals surface area contributed by atoms with E-state index in [-0.39, 0.29) is 0 Å². The summed E-state index contributed by atoms with van der Waals surface area (Å²) in [5.41, 5.74) is 10.8. The lowest BCUT2D eigenvalue weighted by atomic mass is 10.0. The molecule has 0 unspecified atom stereocenters. The van der Waals surface area contributed by atoms with Gasteiger partial charge in [0.25, 0.3) is 0 Å². The van der Waals surface area contributed by atoms with Crippen molar-refractivity contribution in [2.45, 2.75) is 12.5 Å². The highest BCUT2D eigenvalue weighted by Crippen LogP contribution is 2.37. The summed E-state index contributed by atoms with van der Waals surface area (Å²) in [7, 11) is 0. The van der Waals surface area contributed by atoms with Gasteiger partial charge in [-0.2, -0.15) is 0 Å². The molecule has 7 heteroatoms. The van der Waals surface area contributed by atoms with Crippen molar-refractivity contribution >= 4 is 5.69 Å². The minimum Gasteiger partial charge on any atom is -0.504 e. The fourth-order valence-corrected chi connectivity index (χ4v) is 1.32. The van der Waals surface area contributed by atoms with Gasteiger partial charge in [0.05, 0.1) is 4.92 Å². The van der Waals surface area contributed by atoms with Crippen molar-refractivity contribution in [3.63, 3.8) is 0 Å². The Morgan fingerprint density at radius 2 is 2.06 bits per heavy atom. The normalized spacial score (nSPS) is 12.4. The Labute approximate surface area is 91.4 Å². The van der Waals surface area contributed by atoms with Gasteiger partial charge in [-0.05, 0) is 24.6 Å². The van der Waals surface area contributed by atoms with Crippen molar-refractivity contribution in [2.24, 2.45) is 11.5 Å². The number of nitrogens with two attached hydrogens (primary N) is 2. The molecule has 0 aliphatic heterocycles. The highest BCUT2D eigenvalue weighted by molar-refractivity contribution is 5.56. The Morgan fingerprint density at radius 1 is 1.44 bits per heavy atom. The second-order valence-corrected chi connectivity index (χ2v) is 3.35. The summed E-state index contributed by atoms with van der Waals surface area (Å²) >= 11 is 0. The lowest BCUT2D eigenvalue weighted by Crippen LogP contribution is -2.15. The van der Waals surface area contributed by atoms with Crippen LogP contribution in [0.5, 0.6) is 11.5 Å². The maximum atomic E-state index is 10.6. The molecule has 0 saturated carbocycles. The molecule has 6 N–H and O–H groups in total. The highest BCUT2D eigenvalue weighted by Gasteiger charge is 2.20. The van der Waals surface area contributed by atoms with Gasteiger partial charge in [-0.3, -0.25) is 10.1 Å². The van der Waals surface area contributed by atoms with E-state index < -0.39 is 28.2 Å². The van der Waals surface area contributed by atoms with Crippen LogP contribution in [0.4, 0.5) is 5.69 Å². The van der Waals surface area contributed by atoms with Crippen LogP contribution in [0.1, 0.15) is 18.0 Å². The molecular weight excluding hydrogens is 214 g/mol. The first-order valence-electron chi connectivity index (χ1n) is 4.63. The third-order valence-electron chi connectivity index (χ3n) is 2.19. The Kier molecular flexibility index (Phi) is 3.64. The summed E-state index contributed by atoms with van der Waals surface area (Å²) in [6, 6.07) is 1.83. The van der Waals surface area contributed by atoms with Gasteiger partial charge in [-0.1, -0.05) is 0 Å². The van der Waals surface area contributed by atoms with Crippen molar-refractivity contribution in [3.8, 4) is 11.5 Å². The van der Waals surface area contributed by atoms with E-state index in [1.165, 1.54) is 6.07 Å². The number of aromatic hydroxyl groups is 2. The number of hydrogen-bond donors (Lipinski definition) is 4. The lowest BCUT2D eigenvalue weighted by molar-refractivity contribution is -0.386. The molecule has 1 rings (SSSR count). The summed E-state index contributed by atoms with van der Waals surface area (Å²) in [5, 5.41) is 29.1. The fraction of sp³-hybridized carbons (Fsp3) is 0.333. The quantitative estimate of drug-likeness (QED) is 0.333. The van der Waals surface area contributed by atoms with Crippen LogP contribution < -0.4 is 11.5 Å². The monoisotopic (exact) mass is 227 g/mol. The average molecular weight is 227 g/mol. The van der Waals surface area contributed by atoms with Gasteiger partial charge < -0.3 is 21.7 Å². The maximum absolute atomic E-state index is 10.6. The molecule has 0 aliphatic carbocycles. The van der Waals surface area contributed by atoms with Crippen LogP contribution in [-0.2, 0) is 0 Å². The molecule has 0 amide bonds. The van der Waals surface area contributed by atoms with Crippen LogP contribution >= 0.6 is 0 Å². The second kappa shape index (κ2) is 4.77. The molecule has 0 bridgehead atoms. The minimum absolute atomic E-state index is 0.330. The third kappa shape index (κ3) is 2.38. The average Bonchev–Trinajstić information content (AvgIpc) is 2.21. The predicted octanol–water partition coefficient (Wildman–Crippen LogP) is 0.355. The molecular formula is C9H13N3O4. The zero-order valence-corrected chi connectivity index (χ0v) is 8.46. The Bertz CT molecular complexity index is 408. The van der Waals surface area contributed by atoms with Crippen molar-refractivity contribution in [3.05, 3.63) is 27.8 Å². The summed E-state index contributed by atoms with van der Waals surface area (Å²) in [4.78, 5) is 9.79.